The summed E-state index contributed by atoms with van der Waals surface area (Å²) in [6.07, 6.45) is 0.539. The predicted octanol–water partition coefficient (Wildman–Crippen LogP) is -0.558. The van der Waals surface area contributed by atoms with Crippen molar-refractivity contribution in [2.45, 2.75) is 13.0 Å². The summed E-state index contributed by atoms with van der Waals surface area (Å²) in [6, 6.07) is 0. The van der Waals surface area contributed by atoms with Gasteiger partial charge in [0.1, 0.15) is 10.7 Å². The van der Waals surface area contributed by atoms with Crippen LogP contribution in [0.4, 0.5) is 5.00 Å². The molecule has 7 heteroatoms. The van der Waals surface area contributed by atoms with Gasteiger partial charge in [-0.25, -0.2) is 0 Å². The molecule has 1 aliphatic heterocycles. The highest BCUT2D eigenvalue weighted by Gasteiger charge is 2.15. The second kappa shape index (κ2) is 4.54. The third kappa shape index (κ3) is 2.63. The monoisotopic (exact) mass is 227 g/mol. The summed E-state index contributed by atoms with van der Waals surface area (Å²) in [4.78, 5) is 13.3. The summed E-state index contributed by atoms with van der Waals surface area (Å²) in [5.41, 5.74) is 6.52. The maximum Gasteiger partial charge on any atom is 0.221 e. The van der Waals surface area contributed by atoms with E-state index in [9.17, 15) is 4.79 Å². The number of hydrogen-bond acceptors (Lipinski definition) is 6. The number of aromatic nitrogens is 2. The van der Waals surface area contributed by atoms with Crippen molar-refractivity contribution < 1.29 is 4.79 Å². The average Bonchev–Trinajstić information content (AvgIpc) is 2.48. The zero-order chi connectivity index (χ0) is 10.7. The first-order valence-corrected chi connectivity index (χ1v) is 5.59. The summed E-state index contributed by atoms with van der Waals surface area (Å²) < 4.78 is 3.78. The van der Waals surface area contributed by atoms with Crippen LogP contribution in [-0.2, 0) is 11.3 Å². The first-order chi connectivity index (χ1) is 7.25. The molecule has 15 heavy (non-hydrogen) atoms. The predicted molar refractivity (Wildman–Crippen MR) is 57.2 cm³/mol. The van der Waals surface area contributed by atoms with Crippen LogP contribution in [0.25, 0.3) is 0 Å². The number of carbonyl (C=O) groups excluding carboxylic acids is 1. The topological polar surface area (TPSA) is 84.1 Å². The lowest BCUT2D eigenvalue weighted by Crippen LogP contribution is -2.28. The Balaban J connectivity index is 1.94. The minimum Gasteiger partial charge on any atom is -0.388 e. The number of amides is 1. The molecule has 0 radical (unpaired) electrons. The molecule has 1 amide bonds. The van der Waals surface area contributed by atoms with Crippen molar-refractivity contribution in [2.75, 3.05) is 25.4 Å². The van der Waals surface area contributed by atoms with Crippen molar-refractivity contribution in [1.29, 1.82) is 0 Å². The van der Waals surface area contributed by atoms with Gasteiger partial charge < -0.3 is 11.1 Å². The number of anilines is 1. The Hall–Kier alpha value is -1.21. The van der Waals surface area contributed by atoms with E-state index < -0.39 is 0 Å². The van der Waals surface area contributed by atoms with Gasteiger partial charge in [-0.2, -0.15) is 0 Å². The number of nitrogens with zero attached hydrogens (tertiary/aromatic N) is 3. The zero-order valence-electron chi connectivity index (χ0n) is 8.27. The highest BCUT2D eigenvalue weighted by molar-refractivity contribution is 7.09. The summed E-state index contributed by atoms with van der Waals surface area (Å²) in [7, 11) is 0. The number of hydrogen-bond donors (Lipinski definition) is 2. The Morgan fingerprint density at radius 2 is 2.40 bits per heavy atom. The highest BCUT2D eigenvalue weighted by Crippen LogP contribution is 2.14. The molecule has 2 heterocycles. The van der Waals surface area contributed by atoms with E-state index in [1.54, 1.807) is 0 Å². The molecule has 82 valence electrons. The fourth-order valence-corrected chi connectivity index (χ4v) is 1.95. The van der Waals surface area contributed by atoms with Crippen LogP contribution in [0, 0.1) is 0 Å². The molecular formula is C8H13N5OS. The Morgan fingerprint density at radius 1 is 1.53 bits per heavy atom. The fraction of sp³-hybridized carbons (Fsp3) is 0.625. The van der Waals surface area contributed by atoms with E-state index in [1.165, 1.54) is 11.5 Å². The summed E-state index contributed by atoms with van der Waals surface area (Å²) >= 11 is 1.21. The Kier molecular flexibility index (Phi) is 3.12. The lowest BCUT2D eigenvalue weighted by Gasteiger charge is -2.17. The SMILES string of the molecule is Nc1snnc1CN1CCNC(=O)CC1. The Morgan fingerprint density at radius 3 is 3.13 bits per heavy atom. The molecule has 0 spiro atoms. The molecule has 1 aromatic rings. The third-order valence-corrected chi connectivity index (χ3v) is 2.96. The molecule has 1 saturated heterocycles. The van der Waals surface area contributed by atoms with E-state index in [4.69, 9.17) is 5.73 Å². The maximum atomic E-state index is 11.1. The van der Waals surface area contributed by atoms with Gasteiger partial charge in [0.15, 0.2) is 0 Å². The summed E-state index contributed by atoms with van der Waals surface area (Å²) in [5.74, 6) is 0.113. The minimum absolute atomic E-state index is 0.113. The van der Waals surface area contributed by atoms with Crippen LogP contribution in [0.3, 0.4) is 0 Å². The van der Waals surface area contributed by atoms with Crippen LogP contribution in [0.1, 0.15) is 12.1 Å². The Bertz CT molecular complexity index is 353. The number of rotatable bonds is 2. The normalized spacial score (nSPS) is 18.5. The first-order valence-electron chi connectivity index (χ1n) is 4.81. The van der Waals surface area contributed by atoms with E-state index in [2.05, 4.69) is 19.8 Å². The van der Waals surface area contributed by atoms with Gasteiger partial charge >= 0.3 is 0 Å². The van der Waals surface area contributed by atoms with Crippen LogP contribution in [0.2, 0.25) is 0 Å². The molecule has 3 N–H and O–H groups in total. The van der Waals surface area contributed by atoms with E-state index >= 15 is 0 Å². The molecule has 2 rings (SSSR count). The quantitative estimate of drug-likeness (QED) is 0.707. The second-order valence-corrected chi connectivity index (χ2v) is 4.25. The maximum absolute atomic E-state index is 11.1. The van der Waals surface area contributed by atoms with Crippen LogP contribution in [0.5, 0.6) is 0 Å². The molecule has 0 unspecified atom stereocenters. The third-order valence-electron chi connectivity index (χ3n) is 2.36. The van der Waals surface area contributed by atoms with Crippen molar-refractivity contribution in [3.05, 3.63) is 5.69 Å². The van der Waals surface area contributed by atoms with Crippen molar-refractivity contribution in [1.82, 2.24) is 19.8 Å². The van der Waals surface area contributed by atoms with Gasteiger partial charge in [0, 0.05) is 44.1 Å². The molecule has 1 aliphatic rings. The first kappa shape index (κ1) is 10.3. The van der Waals surface area contributed by atoms with Crippen molar-refractivity contribution >= 4 is 22.4 Å². The molecule has 0 aromatic carbocycles. The molecule has 0 saturated carbocycles. The van der Waals surface area contributed by atoms with Gasteiger partial charge in [0.2, 0.25) is 5.91 Å². The molecule has 1 fully saturated rings. The van der Waals surface area contributed by atoms with Gasteiger partial charge in [-0.05, 0) is 0 Å². The van der Waals surface area contributed by atoms with Crippen molar-refractivity contribution in [2.24, 2.45) is 0 Å². The van der Waals surface area contributed by atoms with Crippen molar-refractivity contribution in [3.63, 3.8) is 0 Å². The van der Waals surface area contributed by atoms with Crippen LogP contribution in [0.15, 0.2) is 0 Å². The molecular weight excluding hydrogens is 214 g/mol. The summed E-state index contributed by atoms with van der Waals surface area (Å²) in [5, 5.41) is 7.44. The molecule has 6 nitrogen and oxygen atoms in total. The van der Waals surface area contributed by atoms with E-state index in [0.717, 1.165) is 18.8 Å². The molecule has 1 aromatic heterocycles. The van der Waals surface area contributed by atoms with Crippen LogP contribution < -0.4 is 11.1 Å². The molecule has 0 aliphatic carbocycles. The lowest BCUT2D eigenvalue weighted by atomic mass is 10.3. The van der Waals surface area contributed by atoms with Crippen LogP contribution >= 0.6 is 11.5 Å². The highest BCUT2D eigenvalue weighted by atomic mass is 32.1. The van der Waals surface area contributed by atoms with E-state index in [0.29, 0.717) is 24.5 Å². The fourth-order valence-electron chi connectivity index (χ4n) is 1.51. The second-order valence-electron chi connectivity index (χ2n) is 3.46. The van der Waals surface area contributed by atoms with Gasteiger partial charge in [0.05, 0.1) is 0 Å². The Labute approximate surface area is 91.6 Å². The molecule has 0 bridgehead atoms. The number of nitrogens with one attached hydrogen (secondary N) is 1. The van der Waals surface area contributed by atoms with Crippen LogP contribution in [-0.4, -0.2) is 40.0 Å². The van der Waals surface area contributed by atoms with Gasteiger partial charge in [-0.1, -0.05) is 4.49 Å². The smallest absolute Gasteiger partial charge is 0.221 e. The minimum atomic E-state index is 0.113. The van der Waals surface area contributed by atoms with Gasteiger partial charge in [-0.15, -0.1) is 5.10 Å². The number of nitrogens with two attached hydrogens (primary N) is 1. The van der Waals surface area contributed by atoms with Gasteiger partial charge in [0.25, 0.3) is 0 Å². The molecule has 0 atom stereocenters. The van der Waals surface area contributed by atoms with Crippen molar-refractivity contribution in [3.8, 4) is 0 Å². The number of carbonyl (C=O) groups is 1. The average molecular weight is 227 g/mol. The zero-order valence-corrected chi connectivity index (χ0v) is 9.09. The standard InChI is InChI=1S/C8H13N5OS/c9-8-6(11-12-15-8)5-13-3-1-7(14)10-2-4-13/h1-5,9H2,(H,10,14). The lowest BCUT2D eigenvalue weighted by molar-refractivity contribution is -0.120. The van der Waals surface area contributed by atoms with Gasteiger partial charge in [-0.3, -0.25) is 9.69 Å². The summed E-state index contributed by atoms with van der Waals surface area (Å²) in [6.45, 7) is 2.96. The number of nitrogen functional groups attached to an aromatic ring is 1. The van der Waals surface area contributed by atoms with E-state index in [1.807, 2.05) is 0 Å². The van der Waals surface area contributed by atoms with E-state index in [-0.39, 0.29) is 5.91 Å². The largest absolute Gasteiger partial charge is 0.388 e.